The maximum Gasteiger partial charge on any atom is 0.416 e. The molecule has 1 saturated heterocycles. The standard InChI is InChI=1S/C20H24F3NO2/c21-20(22,23)18-9-6-8-16(13-18)7-4-2-1-3-5-10-19(25)24-14-17-11-12-26-15-17/h1,3,5-6,8-10,13,17H,2,4,7,11-12,14-15H2,(H,24,25)/b3-1+,10-5+. The van der Waals surface area contributed by atoms with E-state index in [1.807, 2.05) is 6.08 Å². The predicted molar refractivity (Wildman–Crippen MR) is 94.6 cm³/mol. The molecule has 0 radical (unpaired) electrons. The number of carbonyl (C=O) groups excluding carboxylic acids is 1. The second-order valence-electron chi connectivity index (χ2n) is 6.35. The predicted octanol–water partition coefficient (Wildman–Crippen LogP) is 4.29. The van der Waals surface area contributed by atoms with Crippen LogP contribution in [0.3, 0.4) is 0 Å². The number of halogens is 3. The van der Waals surface area contributed by atoms with Crippen molar-refractivity contribution in [1.82, 2.24) is 5.32 Å². The molecule has 1 fully saturated rings. The molecule has 1 aliphatic heterocycles. The molecule has 1 atom stereocenters. The minimum absolute atomic E-state index is 0.134. The number of nitrogens with one attached hydrogen (secondary N) is 1. The highest BCUT2D eigenvalue weighted by Crippen LogP contribution is 2.29. The first-order valence-corrected chi connectivity index (χ1v) is 8.80. The van der Waals surface area contributed by atoms with Crippen LogP contribution >= 0.6 is 0 Å². The van der Waals surface area contributed by atoms with E-state index in [1.165, 1.54) is 18.2 Å². The van der Waals surface area contributed by atoms with Gasteiger partial charge in [-0.05, 0) is 37.3 Å². The molecule has 0 saturated carbocycles. The van der Waals surface area contributed by atoms with Gasteiger partial charge in [-0.25, -0.2) is 0 Å². The fourth-order valence-corrected chi connectivity index (χ4v) is 2.69. The Bertz CT molecular complexity index is 632. The molecular formula is C20H24F3NO2. The minimum atomic E-state index is -4.30. The van der Waals surface area contributed by atoms with E-state index in [0.29, 0.717) is 31.1 Å². The number of benzene rings is 1. The van der Waals surface area contributed by atoms with Gasteiger partial charge in [-0.15, -0.1) is 0 Å². The van der Waals surface area contributed by atoms with Crippen molar-refractivity contribution in [3.63, 3.8) is 0 Å². The largest absolute Gasteiger partial charge is 0.416 e. The summed E-state index contributed by atoms with van der Waals surface area (Å²) in [7, 11) is 0. The zero-order valence-electron chi connectivity index (χ0n) is 14.6. The van der Waals surface area contributed by atoms with Gasteiger partial charge in [-0.2, -0.15) is 13.2 Å². The first-order valence-electron chi connectivity index (χ1n) is 8.80. The Labute approximate surface area is 151 Å². The fourth-order valence-electron chi connectivity index (χ4n) is 2.69. The summed E-state index contributed by atoms with van der Waals surface area (Å²) in [6.45, 7) is 2.10. The molecule has 0 spiro atoms. The summed E-state index contributed by atoms with van der Waals surface area (Å²) < 4.78 is 43.2. The van der Waals surface area contributed by atoms with E-state index in [4.69, 9.17) is 4.74 Å². The number of hydrogen-bond acceptors (Lipinski definition) is 2. The Balaban J connectivity index is 1.62. The summed E-state index contributed by atoms with van der Waals surface area (Å²) in [4.78, 5) is 11.6. The maximum atomic E-state index is 12.6. The van der Waals surface area contributed by atoms with Crippen molar-refractivity contribution in [2.75, 3.05) is 19.8 Å². The van der Waals surface area contributed by atoms with Crippen molar-refractivity contribution in [2.24, 2.45) is 5.92 Å². The third kappa shape index (κ3) is 7.44. The van der Waals surface area contributed by atoms with Crippen LogP contribution in [0.5, 0.6) is 0 Å². The SMILES string of the molecule is O=C(/C=C/C=C/CCCc1cccc(C(F)(F)F)c1)NCC1CCOC1. The molecule has 3 nitrogen and oxygen atoms in total. The number of alkyl halides is 3. The van der Waals surface area contributed by atoms with E-state index in [0.717, 1.165) is 31.9 Å². The van der Waals surface area contributed by atoms with Crippen molar-refractivity contribution in [1.29, 1.82) is 0 Å². The number of carbonyl (C=O) groups is 1. The van der Waals surface area contributed by atoms with Crippen molar-refractivity contribution >= 4 is 5.91 Å². The molecule has 0 aliphatic carbocycles. The number of amides is 1. The summed E-state index contributed by atoms with van der Waals surface area (Å²) in [6.07, 6.45) is 5.58. The molecule has 0 aromatic heterocycles. The van der Waals surface area contributed by atoms with Crippen molar-refractivity contribution in [2.45, 2.75) is 31.9 Å². The highest BCUT2D eigenvalue weighted by atomic mass is 19.4. The molecule has 1 amide bonds. The van der Waals surface area contributed by atoms with Crippen LogP contribution in [0.2, 0.25) is 0 Å². The molecule has 1 aliphatic rings. The highest BCUT2D eigenvalue weighted by molar-refractivity contribution is 5.87. The highest BCUT2D eigenvalue weighted by Gasteiger charge is 2.30. The van der Waals surface area contributed by atoms with E-state index in [2.05, 4.69) is 5.32 Å². The Morgan fingerprint density at radius 2 is 2.15 bits per heavy atom. The first-order chi connectivity index (χ1) is 12.4. The fraction of sp³-hybridized carbons (Fsp3) is 0.450. The monoisotopic (exact) mass is 367 g/mol. The van der Waals surface area contributed by atoms with Crippen LogP contribution in [0, 0.1) is 5.92 Å². The summed E-state index contributed by atoms with van der Waals surface area (Å²) in [6, 6.07) is 5.42. The van der Waals surface area contributed by atoms with Gasteiger partial charge in [0, 0.05) is 25.1 Å². The average molecular weight is 367 g/mol. The van der Waals surface area contributed by atoms with Gasteiger partial charge in [0.05, 0.1) is 12.2 Å². The first kappa shape index (κ1) is 20.2. The number of ether oxygens (including phenoxy) is 1. The Kier molecular flexibility index (Phi) is 7.91. The van der Waals surface area contributed by atoms with Gasteiger partial charge in [0.25, 0.3) is 0 Å². The lowest BCUT2D eigenvalue weighted by Gasteiger charge is -2.08. The average Bonchev–Trinajstić information content (AvgIpc) is 3.12. The van der Waals surface area contributed by atoms with E-state index < -0.39 is 11.7 Å². The van der Waals surface area contributed by atoms with E-state index in [-0.39, 0.29) is 5.91 Å². The van der Waals surface area contributed by atoms with E-state index in [1.54, 1.807) is 18.2 Å². The van der Waals surface area contributed by atoms with Crippen molar-refractivity contribution in [3.05, 3.63) is 59.7 Å². The quantitative estimate of drug-likeness (QED) is 0.423. The lowest BCUT2D eigenvalue weighted by atomic mass is 10.0. The number of unbranched alkanes of at least 4 members (excludes halogenated alkanes) is 1. The summed E-state index contributed by atoms with van der Waals surface area (Å²) >= 11 is 0. The molecule has 1 aromatic carbocycles. The maximum absolute atomic E-state index is 12.6. The topological polar surface area (TPSA) is 38.3 Å². The lowest BCUT2D eigenvalue weighted by Crippen LogP contribution is -2.27. The zero-order chi connectivity index (χ0) is 18.8. The van der Waals surface area contributed by atoms with Crippen LogP contribution in [0.15, 0.2) is 48.6 Å². The van der Waals surface area contributed by atoms with Gasteiger partial charge in [0.15, 0.2) is 0 Å². The van der Waals surface area contributed by atoms with Gasteiger partial charge in [0.1, 0.15) is 0 Å². The minimum Gasteiger partial charge on any atom is -0.381 e. The molecule has 6 heteroatoms. The third-order valence-corrected chi connectivity index (χ3v) is 4.17. The normalized spacial score (nSPS) is 18.0. The smallest absolute Gasteiger partial charge is 0.381 e. The van der Waals surface area contributed by atoms with Crippen molar-refractivity contribution in [3.8, 4) is 0 Å². The Morgan fingerprint density at radius 3 is 2.88 bits per heavy atom. The number of allylic oxidation sites excluding steroid dienone is 3. The number of aryl methyl sites for hydroxylation is 1. The second kappa shape index (κ2) is 10.2. The van der Waals surface area contributed by atoms with Crippen LogP contribution in [0.4, 0.5) is 13.2 Å². The van der Waals surface area contributed by atoms with Gasteiger partial charge in [-0.1, -0.05) is 36.4 Å². The molecule has 1 unspecified atom stereocenters. The Morgan fingerprint density at radius 1 is 1.31 bits per heavy atom. The van der Waals surface area contributed by atoms with Crippen molar-refractivity contribution < 1.29 is 22.7 Å². The van der Waals surface area contributed by atoms with E-state index in [9.17, 15) is 18.0 Å². The zero-order valence-corrected chi connectivity index (χ0v) is 14.6. The van der Waals surface area contributed by atoms with Crippen LogP contribution < -0.4 is 5.32 Å². The molecular weight excluding hydrogens is 343 g/mol. The van der Waals surface area contributed by atoms with Crippen LogP contribution in [-0.4, -0.2) is 25.7 Å². The molecule has 0 bridgehead atoms. The second-order valence-corrected chi connectivity index (χ2v) is 6.35. The van der Waals surface area contributed by atoms with Gasteiger partial charge < -0.3 is 10.1 Å². The van der Waals surface area contributed by atoms with Crippen LogP contribution in [0.1, 0.15) is 30.4 Å². The number of hydrogen-bond donors (Lipinski definition) is 1. The van der Waals surface area contributed by atoms with Crippen LogP contribution in [-0.2, 0) is 22.1 Å². The summed E-state index contributed by atoms with van der Waals surface area (Å²) in [5.74, 6) is 0.268. The molecule has 1 heterocycles. The molecule has 2 rings (SSSR count). The summed E-state index contributed by atoms with van der Waals surface area (Å²) in [5.41, 5.74) is 0.0719. The van der Waals surface area contributed by atoms with E-state index >= 15 is 0 Å². The third-order valence-electron chi connectivity index (χ3n) is 4.17. The molecule has 26 heavy (non-hydrogen) atoms. The summed E-state index contributed by atoms with van der Waals surface area (Å²) in [5, 5.41) is 2.83. The molecule has 1 aromatic rings. The Hall–Kier alpha value is -2.08. The van der Waals surface area contributed by atoms with Crippen LogP contribution in [0.25, 0.3) is 0 Å². The number of rotatable bonds is 8. The van der Waals surface area contributed by atoms with Gasteiger partial charge in [0.2, 0.25) is 5.91 Å². The molecule has 142 valence electrons. The molecule has 1 N–H and O–H groups in total. The van der Waals surface area contributed by atoms with Gasteiger partial charge >= 0.3 is 6.18 Å². The lowest BCUT2D eigenvalue weighted by molar-refractivity contribution is -0.137. The van der Waals surface area contributed by atoms with Gasteiger partial charge in [-0.3, -0.25) is 4.79 Å².